The van der Waals surface area contributed by atoms with Crippen molar-refractivity contribution in [3.8, 4) is 0 Å². The summed E-state index contributed by atoms with van der Waals surface area (Å²) < 4.78 is 25.2. The van der Waals surface area contributed by atoms with Crippen molar-refractivity contribution in [3.05, 3.63) is 35.2 Å². The summed E-state index contributed by atoms with van der Waals surface area (Å²) in [5, 5.41) is 4.31. The summed E-state index contributed by atoms with van der Waals surface area (Å²) in [6, 6.07) is 0. The van der Waals surface area contributed by atoms with Gasteiger partial charge in [-0.2, -0.15) is 5.10 Å². The number of rotatable bonds is 3. The van der Waals surface area contributed by atoms with E-state index in [0.717, 1.165) is 11.3 Å². The van der Waals surface area contributed by atoms with Gasteiger partial charge in [0.25, 0.3) is 0 Å². The van der Waals surface area contributed by atoms with Crippen LogP contribution in [0.3, 0.4) is 0 Å². The monoisotopic (exact) mass is 294 g/mol. The highest BCUT2D eigenvalue weighted by molar-refractivity contribution is 7.90. The normalized spacial score (nSPS) is 18.2. The average Bonchev–Trinajstić information content (AvgIpc) is 2.73. The Balaban J connectivity index is 2.62. The maximum absolute atomic E-state index is 11.8. The van der Waals surface area contributed by atoms with E-state index in [0.29, 0.717) is 17.8 Å². The predicted octanol–water partition coefficient (Wildman–Crippen LogP) is 1.99. The van der Waals surface area contributed by atoms with E-state index in [4.69, 9.17) is 0 Å². The molecule has 2 rings (SSSR count). The Morgan fingerprint density at radius 2 is 2.05 bits per heavy atom. The molecule has 6 heteroatoms. The minimum absolute atomic E-state index is 0.0520. The van der Waals surface area contributed by atoms with Crippen molar-refractivity contribution < 1.29 is 13.2 Å². The Morgan fingerprint density at radius 1 is 1.35 bits per heavy atom. The summed E-state index contributed by atoms with van der Waals surface area (Å²) in [7, 11) is -3.10. The number of allylic oxidation sites excluding steroid dienone is 4. The Labute approximate surface area is 118 Å². The first kappa shape index (κ1) is 14.7. The van der Waals surface area contributed by atoms with Gasteiger partial charge in [0.05, 0.1) is 17.2 Å². The SMILES string of the molecule is CC=CC=C(C)n1nc(C(C)=O)c2c1CS(=O)(=O)CC2. The van der Waals surface area contributed by atoms with Crippen molar-refractivity contribution in [3.63, 3.8) is 0 Å². The molecule has 0 N–H and O–H groups in total. The summed E-state index contributed by atoms with van der Waals surface area (Å²) in [6.07, 6.45) is 5.94. The molecule has 108 valence electrons. The number of carbonyl (C=O) groups excluding carboxylic acids is 1. The highest BCUT2D eigenvalue weighted by Crippen LogP contribution is 2.26. The number of aromatic nitrogens is 2. The van der Waals surface area contributed by atoms with Crippen LogP contribution >= 0.6 is 0 Å². The topological polar surface area (TPSA) is 69.0 Å². The lowest BCUT2D eigenvalue weighted by molar-refractivity contribution is 0.101. The number of ketones is 1. The molecule has 1 aliphatic heterocycles. The number of Topliss-reactive ketones (excluding diaryl/α,β-unsaturated/α-hetero) is 1. The van der Waals surface area contributed by atoms with Crippen molar-refractivity contribution in [1.29, 1.82) is 0 Å². The van der Waals surface area contributed by atoms with E-state index in [-0.39, 0.29) is 17.3 Å². The third-order valence-electron chi connectivity index (χ3n) is 3.31. The molecule has 1 aromatic rings. The molecule has 0 unspecified atom stereocenters. The standard InChI is InChI=1S/C14H18N2O3S/c1-4-5-6-10(2)16-13-9-20(18,19)8-7-12(13)14(15-16)11(3)17/h4-6H,7-9H2,1-3H3. The zero-order chi connectivity index (χ0) is 14.9. The van der Waals surface area contributed by atoms with Crippen LogP contribution in [0.15, 0.2) is 18.2 Å². The third kappa shape index (κ3) is 2.75. The molecule has 0 saturated heterocycles. The minimum atomic E-state index is -3.10. The van der Waals surface area contributed by atoms with Gasteiger partial charge in [0.15, 0.2) is 15.6 Å². The molecule has 0 radical (unpaired) electrons. The fourth-order valence-electron chi connectivity index (χ4n) is 2.31. The minimum Gasteiger partial charge on any atom is -0.293 e. The zero-order valence-electron chi connectivity index (χ0n) is 11.9. The number of sulfone groups is 1. The van der Waals surface area contributed by atoms with Crippen LogP contribution in [-0.2, 0) is 22.0 Å². The van der Waals surface area contributed by atoms with Crippen LogP contribution < -0.4 is 0 Å². The van der Waals surface area contributed by atoms with Gasteiger partial charge in [0.1, 0.15) is 5.69 Å². The van der Waals surface area contributed by atoms with E-state index < -0.39 is 9.84 Å². The van der Waals surface area contributed by atoms with Crippen LogP contribution in [0.2, 0.25) is 0 Å². The van der Waals surface area contributed by atoms with E-state index in [1.165, 1.54) is 6.92 Å². The molecule has 0 spiro atoms. The fourth-order valence-corrected chi connectivity index (χ4v) is 3.69. The first-order valence-electron chi connectivity index (χ1n) is 6.48. The molecule has 0 bridgehead atoms. The van der Waals surface area contributed by atoms with Gasteiger partial charge in [-0.1, -0.05) is 12.2 Å². The summed E-state index contributed by atoms with van der Waals surface area (Å²) in [6.45, 7) is 5.20. The van der Waals surface area contributed by atoms with Gasteiger partial charge >= 0.3 is 0 Å². The number of fused-ring (bicyclic) bond motifs is 1. The van der Waals surface area contributed by atoms with E-state index >= 15 is 0 Å². The highest BCUT2D eigenvalue weighted by Gasteiger charge is 2.30. The fraction of sp³-hybridized carbons (Fsp3) is 0.429. The Hall–Kier alpha value is -1.69. The van der Waals surface area contributed by atoms with Gasteiger partial charge in [0.2, 0.25) is 0 Å². The largest absolute Gasteiger partial charge is 0.293 e. The second-order valence-electron chi connectivity index (χ2n) is 4.92. The summed E-state index contributed by atoms with van der Waals surface area (Å²) in [4.78, 5) is 11.7. The molecule has 0 saturated carbocycles. The van der Waals surface area contributed by atoms with E-state index in [1.54, 1.807) is 4.68 Å². The first-order chi connectivity index (χ1) is 9.35. The Kier molecular flexibility index (Phi) is 3.94. The average molecular weight is 294 g/mol. The van der Waals surface area contributed by atoms with E-state index in [2.05, 4.69) is 5.10 Å². The van der Waals surface area contributed by atoms with Crippen LogP contribution in [-0.4, -0.2) is 29.7 Å². The molecule has 1 aliphatic rings. The molecule has 0 amide bonds. The third-order valence-corrected chi connectivity index (χ3v) is 4.85. The molecule has 20 heavy (non-hydrogen) atoms. The molecular formula is C14H18N2O3S. The summed E-state index contributed by atoms with van der Waals surface area (Å²) in [5.74, 6) is -0.0918. The predicted molar refractivity (Wildman–Crippen MR) is 78.2 cm³/mol. The van der Waals surface area contributed by atoms with Crippen LogP contribution in [0.4, 0.5) is 0 Å². The van der Waals surface area contributed by atoms with Gasteiger partial charge in [-0.15, -0.1) is 0 Å². The van der Waals surface area contributed by atoms with Crippen molar-refractivity contribution in [2.24, 2.45) is 0 Å². The smallest absolute Gasteiger partial charge is 0.180 e. The number of carbonyl (C=O) groups is 1. The van der Waals surface area contributed by atoms with Gasteiger partial charge in [0, 0.05) is 18.2 Å². The lowest BCUT2D eigenvalue weighted by Crippen LogP contribution is -2.21. The van der Waals surface area contributed by atoms with E-state index in [9.17, 15) is 13.2 Å². The lowest BCUT2D eigenvalue weighted by Gasteiger charge is -2.15. The molecule has 1 aromatic heterocycles. The van der Waals surface area contributed by atoms with Gasteiger partial charge in [-0.25, -0.2) is 13.1 Å². The second-order valence-corrected chi connectivity index (χ2v) is 7.10. The van der Waals surface area contributed by atoms with Gasteiger partial charge < -0.3 is 0 Å². The van der Waals surface area contributed by atoms with Crippen molar-refractivity contribution in [2.75, 3.05) is 5.75 Å². The Morgan fingerprint density at radius 3 is 2.65 bits per heavy atom. The van der Waals surface area contributed by atoms with Crippen LogP contribution in [0, 0.1) is 0 Å². The number of nitrogens with zero attached hydrogens (tertiary/aromatic N) is 2. The molecule has 0 atom stereocenters. The summed E-state index contributed by atoms with van der Waals surface area (Å²) in [5.41, 5.74) is 2.59. The van der Waals surface area contributed by atoms with Crippen molar-refractivity contribution >= 4 is 21.3 Å². The number of hydrogen-bond donors (Lipinski definition) is 0. The summed E-state index contributed by atoms with van der Waals surface area (Å²) >= 11 is 0. The van der Waals surface area contributed by atoms with Crippen LogP contribution in [0.1, 0.15) is 42.5 Å². The van der Waals surface area contributed by atoms with Crippen LogP contribution in [0.5, 0.6) is 0 Å². The van der Waals surface area contributed by atoms with Crippen LogP contribution in [0.25, 0.3) is 5.70 Å². The van der Waals surface area contributed by atoms with Gasteiger partial charge in [-0.3, -0.25) is 4.79 Å². The second kappa shape index (κ2) is 5.36. The molecule has 0 aromatic carbocycles. The zero-order valence-corrected chi connectivity index (χ0v) is 12.7. The number of hydrogen-bond acceptors (Lipinski definition) is 4. The molecule has 0 aliphatic carbocycles. The molecular weight excluding hydrogens is 276 g/mol. The quantitative estimate of drug-likeness (QED) is 0.631. The van der Waals surface area contributed by atoms with Crippen molar-refractivity contribution in [1.82, 2.24) is 9.78 Å². The maximum atomic E-state index is 11.8. The molecule has 2 heterocycles. The highest BCUT2D eigenvalue weighted by atomic mass is 32.2. The van der Waals surface area contributed by atoms with Gasteiger partial charge in [-0.05, 0) is 26.3 Å². The van der Waals surface area contributed by atoms with E-state index in [1.807, 2.05) is 32.1 Å². The Bertz CT molecular complexity index is 709. The lowest BCUT2D eigenvalue weighted by atomic mass is 10.1. The van der Waals surface area contributed by atoms with Crippen molar-refractivity contribution in [2.45, 2.75) is 32.9 Å². The molecule has 0 fully saturated rings. The first-order valence-corrected chi connectivity index (χ1v) is 8.30. The molecule has 5 nitrogen and oxygen atoms in total. The maximum Gasteiger partial charge on any atom is 0.180 e.